The molecule has 0 aliphatic heterocycles. The lowest BCUT2D eigenvalue weighted by Crippen LogP contribution is -2.12. The monoisotopic (exact) mass is 247 g/mol. The Morgan fingerprint density at radius 2 is 1.78 bits per heavy atom. The Kier molecular flexibility index (Phi) is 2.80. The molecule has 1 aromatic heterocycles. The van der Waals surface area contributed by atoms with Crippen LogP contribution in [0.15, 0.2) is 24.5 Å². The molecule has 0 spiro atoms. The predicted molar refractivity (Wildman–Crippen MR) is 64.9 cm³/mol. The van der Waals surface area contributed by atoms with Crippen molar-refractivity contribution >= 4 is 17.3 Å². The van der Waals surface area contributed by atoms with E-state index in [2.05, 4.69) is 9.97 Å². The first-order valence-corrected chi connectivity index (χ1v) is 4.94. The number of hydrogen-bond acceptors (Lipinski definition) is 6. The van der Waals surface area contributed by atoms with Crippen LogP contribution < -0.4 is 11.5 Å². The summed E-state index contributed by atoms with van der Waals surface area (Å²) in [4.78, 5) is 7.44. The van der Waals surface area contributed by atoms with Crippen LogP contribution >= 0.6 is 0 Å². The third-order valence-corrected chi connectivity index (χ3v) is 2.33. The van der Waals surface area contributed by atoms with Gasteiger partial charge in [-0.25, -0.2) is 14.4 Å². The molecular weight excluding hydrogens is 237 g/mol. The molecule has 0 radical (unpaired) electrons. The number of halogens is 1. The van der Waals surface area contributed by atoms with E-state index in [1.165, 1.54) is 12.4 Å². The van der Waals surface area contributed by atoms with Gasteiger partial charge in [-0.15, -0.1) is 0 Å². The SMILES string of the molecule is N=C(c1cc(O)cc(F)c1)c1c(N)ncnc1N. The van der Waals surface area contributed by atoms with E-state index in [0.717, 1.165) is 12.1 Å². The fourth-order valence-corrected chi connectivity index (χ4v) is 1.53. The Morgan fingerprint density at radius 3 is 2.33 bits per heavy atom. The molecule has 6 nitrogen and oxygen atoms in total. The molecule has 0 amide bonds. The smallest absolute Gasteiger partial charge is 0.138 e. The summed E-state index contributed by atoms with van der Waals surface area (Å²) in [6.45, 7) is 0. The highest BCUT2D eigenvalue weighted by Crippen LogP contribution is 2.22. The summed E-state index contributed by atoms with van der Waals surface area (Å²) >= 11 is 0. The Hall–Kier alpha value is -2.70. The number of nitrogens with two attached hydrogens (primary N) is 2. The van der Waals surface area contributed by atoms with Gasteiger partial charge >= 0.3 is 0 Å². The lowest BCUT2D eigenvalue weighted by atomic mass is 10.0. The number of rotatable bonds is 2. The predicted octanol–water partition coefficient (Wildman–Crippen LogP) is 0.902. The van der Waals surface area contributed by atoms with E-state index in [4.69, 9.17) is 16.9 Å². The van der Waals surface area contributed by atoms with Gasteiger partial charge in [-0.3, -0.25) is 5.41 Å². The number of anilines is 2. The zero-order valence-electron chi connectivity index (χ0n) is 9.18. The molecule has 1 heterocycles. The molecule has 0 bridgehead atoms. The molecule has 0 saturated heterocycles. The molecule has 0 unspecified atom stereocenters. The molecule has 0 aliphatic carbocycles. The summed E-state index contributed by atoms with van der Waals surface area (Å²) in [7, 11) is 0. The quantitative estimate of drug-likeness (QED) is 0.587. The van der Waals surface area contributed by atoms with E-state index >= 15 is 0 Å². The Bertz CT molecular complexity index is 588. The zero-order chi connectivity index (χ0) is 13.3. The number of phenols is 1. The normalized spacial score (nSPS) is 10.3. The minimum Gasteiger partial charge on any atom is -0.508 e. The molecule has 7 heteroatoms. The van der Waals surface area contributed by atoms with Gasteiger partial charge < -0.3 is 16.6 Å². The van der Waals surface area contributed by atoms with Gasteiger partial charge in [0.1, 0.15) is 29.5 Å². The fourth-order valence-electron chi connectivity index (χ4n) is 1.53. The number of hydrogen-bond donors (Lipinski definition) is 4. The maximum atomic E-state index is 13.2. The Morgan fingerprint density at radius 1 is 1.17 bits per heavy atom. The number of nitrogen functional groups attached to an aromatic ring is 2. The van der Waals surface area contributed by atoms with Crippen molar-refractivity contribution < 1.29 is 9.50 Å². The standard InChI is InChI=1S/C11H10FN5O/c12-6-1-5(2-7(18)3-6)9(13)8-10(14)16-4-17-11(8)15/h1-4,13,18H,(H4,14,15,16,17). The molecule has 6 N–H and O–H groups in total. The maximum absolute atomic E-state index is 13.2. The summed E-state index contributed by atoms with van der Waals surface area (Å²) in [5, 5.41) is 17.2. The van der Waals surface area contributed by atoms with Crippen molar-refractivity contribution in [2.45, 2.75) is 0 Å². The summed E-state index contributed by atoms with van der Waals surface area (Å²) in [6.07, 6.45) is 1.17. The third kappa shape index (κ3) is 2.05. The van der Waals surface area contributed by atoms with Gasteiger partial charge in [-0.2, -0.15) is 0 Å². The van der Waals surface area contributed by atoms with Crippen molar-refractivity contribution in [2.75, 3.05) is 11.5 Å². The van der Waals surface area contributed by atoms with Gasteiger partial charge in [-0.1, -0.05) is 0 Å². The van der Waals surface area contributed by atoms with E-state index in [9.17, 15) is 9.50 Å². The molecule has 1 aromatic carbocycles. The molecule has 2 aromatic rings. The van der Waals surface area contributed by atoms with Crippen LogP contribution in [-0.4, -0.2) is 20.8 Å². The van der Waals surface area contributed by atoms with Crippen LogP contribution in [0.5, 0.6) is 5.75 Å². The van der Waals surface area contributed by atoms with Crippen LogP contribution in [0, 0.1) is 11.2 Å². The van der Waals surface area contributed by atoms with Crippen LogP contribution in [0.4, 0.5) is 16.0 Å². The Balaban J connectivity index is 2.55. The largest absolute Gasteiger partial charge is 0.508 e. The fraction of sp³-hybridized carbons (Fsp3) is 0. The maximum Gasteiger partial charge on any atom is 0.138 e. The van der Waals surface area contributed by atoms with Gasteiger partial charge in [0, 0.05) is 11.6 Å². The van der Waals surface area contributed by atoms with Crippen molar-refractivity contribution in [3.8, 4) is 5.75 Å². The average molecular weight is 247 g/mol. The lowest BCUT2D eigenvalue weighted by Gasteiger charge is -2.09. The van der Waals surface area contributed by atoms with E-state index in [-0.39, 0.29) is 34.2 Å². The van der Waals surface area contributed by atoms with Crippen molar-refractivity contribution in [1.29, 1.82) is 5.41 Å². The second-order valence-electron chi connectivity index (χ2n) is 3.59. The number of aromatic hydroxyl groups is 1. The minimum atomic E-state index is -0.663. The van der Waals surface area contributed by atoms with E-state index in [1.54, 1.807) is 0 Å². The first kappa shape index (κ1) is 11.8. The highest BCUT2D eigenvalue weighted by molar-refractivity contribution is 6.16. The molecule has 18 heavy (non-hydrogen) atoms. The lowest BCUT2D eigenvalue weighted by molar-refractivity contribution is 0.469. The van der Waals surface area contributed by atoms with Crippen LogP contribution in [0.25, 0.3) is 0 Å². The summed E-state index contributed by atoms with van der Waals surface area (Å²) in [5.74, 6) is -0.903. The van der Waals surface area contributed by atoms with Crippen molar-refractivity contribution in [1.82, 2.24) is 9.97 Å². The van der Waals surface area contributed by atoms with Crippen LogP contribution in [-0.2, 0) is 0 Å². The first-order chi connectivity index (χ1) is 8.49. The molecule has 92 valence electrons. The number of nitrogens with one attached hydrogen (secondary N) is 1. The average Bonchev–Trinajstić information content (AvgIpc) is 2.27. The second kappa shape index (κ2) is 4.28. The minimum absolute atomic E-state index is 0.0243. The van der Waals surface area contributed by atoms with Gasteiger partial charge in [0.15, 0.2) is 0 Å². The summed E-state index contributed by atoms with van der Waals surface area (Å²) in [5.41, 5.74) is 11.3. The van der Waals surface area contributed by atoms with Crippen molar-refractivity contribution in [3.05, 3.63) is 41.5 Å². The zero-order valence-corrected chi connectivity index (χ0v) is 9.18. The van der Waals surface area contributed by atoms with Crippen LogP contribution in [0.2, 0.25) is 0 Å². The van der Waals surface area contributed by atoms with E-state index < -0.39 is 5.82 Å². The molecule has 0 aliphatic rings. The van der Waals surface area contributed by atoms with Crippen LogP contribution in [0.3, 0.4) is 0 Å². The van der Waals surface area contributed by atoms with Gasteiger partial charge in [0.25, 0.3) is 0 Å². The van der Waals surface area contributed by atoms with Crippen LogP contribution in [0.1, 0.15) is 11.1 Å². The topological polar surface area (TPSA) is 122 Å². The molecule has 0 fully saturated rings. The summed E-state index contributed by atoms with van der Waals surface area (Å²) < 4.78 is 13.2. The second-order valence-corrected chi connectivity index (χ2v) is 3.59. The Labute approximate surface area is 102 Å². The molecular formula is C11H10FN5O. The highest BCUT2D eigenvalue weighted by atomic mass is 19.1. The highest BCUT2D eigenvalue weighted by Gasteiger charge is 2.15. The van der Waals surface area contributed by atoms with Gasteiger partial charge in [0.05, 0.1) is 11.3 Å². The number of aromatic nitrogens is 2. The van der Waals surface area contributed by atoms with Crippen molar-refractivity contribution in [2.24, 2.45) is 0 Å². The molecule has 2 rings (SSSR count). The molecule has 0 atom stereocenters. The van der Waals surface area contributed by atoms with Gasteiger partial charge in [-0.05, 0) is 12.1 Å². The van der Waals surface area contributed by atoms with Crippen molar-refractivity contribution in [3.63, 3.8) is 0 Å². The number of benzene rings is 1. The van der Waals surface area contributed by atoms with Gasteiger partial charge in [0.2, 0.25) is 0 Å². The number of nitrogens with zero attached hydrogens (tertiary/aromatic N) is 2. The third-order valence-electron chi connectivity index (χ3n) is 2.33. The number of phenolic OH excluding ortho intramolecular Hbond substituents is 1. The molecule has 0 saturated carbocycles. The first-order valence-electron chi connectivity index (χ1n) is 4.94. The van der Waals surface area contributed by atoms with E-state index in [0.29, 0.717) is 0 Å². The summed E-state index contributed by atoms with van der Waals surface area (Å²) in [6, 6.07) is 3.26. The van der Waals surface area contributed by atoms with E-state index in [1.807, 2.05) is 0 Å².